The van der Waals surface area contributed by atoms with Crippen LogP contribution in [0.1, 0.15) is 17.5 Å². The molecule has 0 bridgehead atoms. The number of rotatable bonds is 6. The number of carbonyl (C=O) groups is 1. The first-order valence-electron chi connectivity index (χ1n) is 7.70. The molecule has 0 aliphatic heterocycles. The van der Waals surface area contributed by atoms with Gasteiger partial charge in [-0.3, -0.25) is 4.79 Å². The Morgan fingerprint density at radius 2 is 1.78 bits per heavy atom. The number of nitrogens with one attached hydrogen (secondary N) is 1. The normalized spacial score (nSPS) is 9.61. The van der Waals surface area contributed by atoms with Crippen molar-refractivity contribution in [2.75, 3.05) is 13.2 Å². The van der Waals surface area contributed by atoms with Crippen LogP contribution >= 0.6 is 0 Å². The van der Waals surface area contributed by atoms with Crippen molar-refractivity contribution in [3.8, 4) is 17.6 Å². The summed E-state index contributed by atoms with van der Waals surface area (Å²) in [6.45, 7) is 2.67. The van der Waals surface area contributed by atoms with Gasteiger partial charge in [-0.15, -0.1) is 0 Å². The SMILES string of the molecule is Cc1ccccc1OCC#CCNC(=O)CCc1ccccc1. The number of para-hydroxylation sites is 1. The minimum Gasteiger partial charge on any atom is -0.481 e. The Hall–Kier alpha value is -2.73. The Morgan fingerprint density at radius 3 is 2.57 bits per heavy atom. The van der Waals surface area contributed by atoms with E-state index in [0.29, 0.717) is 19.6 Å². The van der Waals surface area contributed by atoms with Crippen molar-refractivity contribution in [3.63, 3.8) is 0 Å². The molecule has 2 rings (SSSR count). The van der Waals surface area contributed by atoms with Gasteiger partial charge in [0.2, 0.25) is 5.91 Å². The Bertz CT molecular complexity index is 684. The van der Waals surface area contributed by atoms with E-state index in [4.69, 9.17) is 4.74 Å². The summed E-state index contributed by atoms with van der Waals surface area (Å²) >= 11 is 0. The maximum atomic E-state index is 11.7. The molecule has 3 nitrogen and oxygen atoms in total. The van der Waals surface area contributed by atoms with Crippen molar-refractivity contribution in [3.05, 3.63) is 65.7 Å². The van der Waals surface area contributed by atoms with E-state index in [-0.39, 0.29) is 5.91 Å². The van der Waals surface area contributed by atoms with Crippen LogP contribution in [-0.2, 0) is 11.2 Å². The average molecular weight is 307 g/mol. The molecule has 0 saturated carbocycles. The molecule has 1 N–H and O–H groups in total. The standard InChI is InChI=1S/C20H21NO2/c1-17-9-5-6-12-19(17)23-16-8-7-15-21-20(22)14-13-18-10-3-2-4-11-18/h2-6,9-12H,13-16H2,1H3,(H,21,22). The molecular weight excluding hydrogens is 286 g/mol. The Kier molecular flexibility index (Phi) is 6.74. The third kappa shape index (κ3) is 6.27. The second-order valence-electron chi connectivity index (χ2n) is 5.17. The lowest BCUT2D eigenvalue weighted by Gasteiger charge is -2.04. The lowest BCUT2D eigenvalue weighted by molar-refractivity contribution is -0.120. The third-order valence-electron chi connectivity index (χ3n) is 3.38. The number of aryl methyl sites for hydroxylation is 2. The van der Waals surface area contributed by atoms with Gasteiger partial charge < -0.3 is 10.1 Å². The summed E-state index contributed by atoms with van der Waals surface area (Å²) in [5.41, 5.74) is 2.25. The number of carbonyl (C=O) groups excluding carboxylic acids is 1. The number of ether oxygens (including phenoxy) is 1. The van der Waals surface area contributed by atoms with Crippen molar-refractivity contribution in [1.82, 2.24) is 5.32 Å². The lowest BCUT2D eigenvalue weighted by atomic mass is 10.1. The fourth-order valence-corrected chi connectivity index (χ4v) is 2.08. The maximum absolute atomic E-state index is 11.7. The van der Waals surface area contributed by atoms with E-state index in [0.717, 1.165) is 17.7 Å². The molecule has 2 aromatic rings. The van der Waals surface area contributed by atoms with Crippen molar-refractivity contribution in [2.45, 2.75) is 19.8 Å². The molecule has 0 spiro atoms. The molecule has 23 heavy (non-hydrogen) atoms. The highest BCUT2D eigenvalue weighted by Gasteiger charge is 2.00. The minimum atomic E-state index is 0.0166. The summed E-state index contributed by atoms with van der Waals surface area (Å²) in [5.74, 6) is 6.66. The van der Waals surface area contributed by atoms with Crippen LogP contribution in [0.2, 0.25) is 0 Å². The predicted molar refractivity (Wildman–Crippen MR) is 92.2 cm³/mol. The highest BCUT2D eigenvalue weighted by molar-refractivity contribution is 5.76. The molecule has 0 aliphatic rings. The summed E-state index contributed by atoms with van der Waals surface area (Å²) in [6, 6.07) is 17.8. The number of benzene rings is 2. The van der Waals surface area contributed by atoms with Gasteiger partial charge in [-0.25, -0.2) is 0 Å². The zero-order chi connectivity index (χ0) is 16.3. The van der Waals surface area contributed by atoms with Crippen LogP contribution in [0.3, 0.4) is 0 Å². The highest BCUT2D eigenvalue weighted by atomic mass is 16.5. The Labute approximate surface area is 137 Å². The van der Waals surface area contributed by atoms with Gasteiger partial charge in [0.05, 0.1) is 6.54 Å². The van der Waals surface area contributed by atoms with E-state index in [2.05, 4.69) is 17.2 Å². The second kappa shape index (κ2) is 9.32. The molecule has 0 radical (unpaired) electrons. The third-order valence-corrected chi connectivity index (χ3v) is 3.38. The van der Waals surface area contributed by atoms with E-state index in [1.54, 1.807) is 0 Å². The molecule has 118 valence electrons. The van der Waals surface area contributed by atoms with Crippen molar-refractivity contribution >= 4 is 5.91 Å². The number of hydrogen-bond donors (Lipinski definition) is 1. The predicted octanol–water partition coefficient (Wildman–Crippen LogP) is 3.13. The molecule has 0 saturated heterocycles. The second-order valence-corrected chi connectivity index (χ2v) is 5.17. The maximum Gasteiger partial charge on any atom is 0.221 e. The van der Waals surface area contributed by atoms with E-state index in [1.807, 2.05) is 61.5 Å². The zero-order valence-electron chi connectivity index (χ0n) is 13.3. The molecule has 3 heteroatoms. The first-order chi connectivity index (χ1) is 11.3. The topological polar surface area (TPSA) is 38.3 Å². The van der Waals surface area contributed by atoms with E-state index in [1.165, 1.54) is 5.56 Å². The molecule has 0 aromatic heterocycles. The summed E-state index contributed by atoms with van der Waals surface area (Å²) < 4.78 is 5.56. The monoisotopic (exact) mass is 307 g/mol. The minimum absolute atomic E-state index is 0.0166. The average Bonchev–Trinajstić information content (AvgIpc) is 2.58. The van der Waals surface area contributed by atoms with Gasteiger partial charge in [0, 0.05) is 6.42 Å². The molecule has 0 atom stereocenters. The summed E-state index contributed by atoms with van der Waals surface area (Å²) in [5, 5.41) is 2.79. The first-order valence-corrected chi connectivity index (χ1v) is 7.70. The smallest absolute Gasteiger partial charge is 0.221 e. The summed E-state index contributed by atoms with van der Waals surface area (Å²) in [7, 11) is 0. The van der Waals surface area contributed by atoms with Crippen molar-refractivity contribution in [2.24, 2.45) is 0 Å². The van der Waals surface area contributed by atoms with Gasteiger partial charge in [0.25, 0.3) is 0 Å². The van der Waals surface area contributed by atoms with Crippen LogP contribution in [0, 0.1) is 18.8 Å². The molecule has 0 heterocycles. The fourth-order valence-electron chi connectivity index (χ4n) is 2.08. The molecular formula is C20H21NO2. The van der Waals surface area contributed by atoms with E-state index >= 15 is 0 Å². The Morgan fingerprint density at radius 1 is 1.04 bits per heavy atom. The van der Waals surface area contributed by atoms with Gasteiger partial charge >= 0.3 is 0 Å². The van der Waals surface area contributed by atoms with Crippen LogP contribution in [0.4, 0.5) is 0 Å². The van der Waals surface area contributed by atoms with Crippen molar-refractivity contribution in [1.29, 1.82) is 0 Å². The van der Waals surface area contributed by atoms with Crippen LogP contribution in [0.25, 0.3) is 0 Å². The van der Waals surface area contributed by atoms with Gasteiger partial charge in [-0.05, 0) is 30.5 Å². The molecule has 2 aromatic carbocycles. The van der Waals surface area contributed by atoms with E-state index in [9.17, 15) is 4.79 Å². The van der Waals surface area contributed by atoms with Crippen LogP contribution < -0.4 is 10.1 Å². The van der Waals surface area contributed by atoms with Gasteiger partial charge in [0.15, 0.2) is 0 Å². The summed E-state index contributed by atoms with van der Waals surface area (Å²) in [4.78, 5) is 11.7. The fraction of sp³-hybridized carbons (Fsp3) is 0.250. The van der Waals surface area contributed by atoms with E-state index < -0.39 is 0 Å². The Balaban J connectivity index is 1.61. The molecule has 0 unspecified atom stereocenters. The molecule has 0 aliphatic carbocycles. The van der Waals surface area contributed by atoms with Gasteiger partial charge in [0.1, 0.15) is 12.4 Å². The largest absolute Gasteiger partial charge is 0.481 e. The first kappa shape index (κ1) is 16.6. The quantitative estimate of drug-likeness (QED) is 0.833. The molecule has 0 fully saturated rings. The van der Waals surface area contributed by atoms with Crippen LogP contribution in [0.5, 0.6) is 5.75 Å². The van der Waals surface area contributed by atoms with Crippen LogP contribution in [0.15, 0.2) is 54.6 Å². The number of hydrogen-bond acceptors (Lipinski definition) is 2. The summed E-state index contributed by atoms with van der Waals surface area (Å²) in [6.07, 6.45) is 1.22. The molecule has 1 amide bonds. The van der Waals surface area contributed by atoms with Crippen LogP contribution in [-0.4, -0.2) is 19.1 Å². The van der Waals surface area contributed by atoms with Gasteiger partial charge in [-0.1, -0.05) is 60.4 Å². The highest BCUT2D eigenvalue weighted by Crippen LogP contribution is 2.15. The number of amides is 1. The zero-order valence-corrected chi connectivity index (χ0v) is 13.3. The van der Waals surface area contributed by atoms with Gasteiger partial charge in [-0.2, -0.15) is 0 Å². The van der Waals surface area contributed by atoms with Crippen molar-refractivity contribution < 1.29 is 9.53 Å². The lowest BCUT2D eigenvalue weighted by Crippen LogP contribution is -2.23.